The minimum Gasteiger partial charge on any atom is -0.393 e. The molecule has 1 saturated carbocycles. The van der Waals surface area contributed by atoms with E-state index in [9.17, 15) is 9.90 Å². The number of aliphatic hydroxyl groups is 1. The largest absolute Gasteiger partial charge is 0.393 e. The molecule has 0 aliphatic heterocycles. The summed E-state index contributed by atoms with van der Waals surface area (Å²) in [6, 6.07) is 0.123. The third kappa shape index (κ3) is 6.39. The van der Waals surface area contributed by atoms with E-state index in [1.807, 2.05) is 6.92 Å². The van der Waals surface area contributed by atoms with Crippen LogP contribution in [0.5, 0.6) is 0 Å². The summed E-state index contributed by atoms with van der Waals surface area (Å²) >= 11 is 0. The van der Waals surface area contributed by atoms with Crippen LogP contribution in [0.2, 0.25) is 0 Å². The first-order valence-corrected chi connectivity index (χ1v) is 7.74. The van der Waals surface area contributed by atoms with E-state index in [1.54, 1.807) is 0 Å². The number of rotatable bonds is 7. The molecule has 2 unspecified atom stereocenters. The zero-order valence-electron chi connectivity index (χ0n) is 12.6. The summed E-state index contributed by atoms with van der Waals surface area (Å²) in [5.74, 6) is 0.698. The highest BCUT2D eigenvalue weighted by atomic mass is 16.3. The molecule has 1 rings (SSSR count). The monoisotopic (exact) mass is 270 g/mol. The van der Waals surface area contributed by atoms with Gasteiger partial charge in [0.2, 0.25) is 5.91 Å². The summed E-state index contributed by atoms with van der Waals surface area (Å²) in [5, 5.41) is 15.8. The SMILES string of the molecule is CCCC(C)NC(=O)C(C)NCC1CCC(O)CC1. The van der Waals surface area contributed by atoms with Crippen molar-refractivity contribution in [1.82, 2.24) is 10.6 Å². The van der Waals surface area contributed by atoms with E-state index in [0.29, 0.717) is 5.92 Å². The van der Waals surface area contributed by atoms with E-state index in [4.69, 9.17) is 0 Å². The number of nitrogens with one attached hydrogen (secondary N) is 2. The van der Waals surface area contributed by atoms with Crippen LogP contribution in [0.25, 0.3) is 0 Å². The molecule has 4 heteroatoms. The van der Waals surface area contributed by atoms with Crippen LogP contribution >= 0.6 is 0 Å². The third-order valence-electron chi connectivity index (χ3n) is 4.03. The highest BCUT2D eigenvalue weighted by Gasteiger charge is 2.21. The Morgan fingerprint density at radius 2 is 1.89 bits per heavy atom. The summed E-state index contributed by atoms with van der Waals surface area (Å²) in [4.78, 5) is 11.9. The Kier molecular flexibility index (Phi) is 7.39. The molecule has 1 aliphatic carbocycles. The Balaban J connectivity index is 2.19. The minimum atomic E-state index is -0.133. The molecule has 112 valence electrons. The van der Waals surface area contributed by atoms with Crippen LogP contribution in [0.3, 0.4) is 0 Å². The molecular weight excluding hydrogens is 240 g/mol. The van der Waals surface area contributed by atoms with E-state index >= 15 is 0 Å². The van der Waals surface area contributed by atoms with Gasteiger partial charge >= 0.3 is 0 Å². The van der Waals surface area contributed by atoms with E-state index < -0.39 is 0 Å². The molecule has 0 aromatic carbocycles. The lowest BCUT2D eigenvalue weighted by molar-refractivity contribution is -0.123. The van der Waals surface area contributed by atoms with Crippen LogP contribution in [-0.4, -0.2) is 35.7 Å². The first-order chi connectivity index (χ1) is 9.02. The van der Waals surface area contributed by atoms with Gasteiger partial charge in [0.05, 0.1) is 12.1 Å². The molecule has 0 heterocycles. The van der Waals surface area contributed by atoms with Gasteiger partial charge in [-0.1, -0.05) is 13.3 Å². The average Bonchev–Trinajstić information content (AvgIpc) is 2.37. The fourth-order valence-corrected chi connectivity index (χ4v) is 2.66. The number of hydrogen-bond acceptors (Lipinski definition) is 3. The van der Waals surface area contributed by atoms with Crippen molar-refractivity contribution in [2.45, 2.75) is 77.5 Å². The van der Waals surface area contributed by atoms with Gasteiger partial charge in [0, 0.05) is 6.04 Å². The van der Waals surface area contributed by atoms with Crippen LogP contribution in [0.15, 0.2) is 0 Å². The van der Waals surface area contributed by atoms with E-state index in [-0.39, 0.29) is 24.1 Å². The second-order valence-corrected chi connectivity index (χ2v) is 6.00. The maximum absolute atomic E-state index is 11.9. The maximum atomic E-state index is 11.9. The Morgan fingerprint density at radius 3 is 2.47 bits per heavy atom. The van der Waals surface area contributed by atoms with Crippen LogP contribution in [0.4, 0.5) is 0 Å². The normalized spacial score (nSPS) is 26.7. The average molecular weight is 270 g/mol. The molecule has 1 fully saturated rings. The van der Waals surface area contributed by atoms with E-state index in [0.717, 1.165) is 45.1 Å². The molecule has 2 atom stereocenters. The highest BCUT2D eigenvalue weighted by molar-refractivity contribution is 5.81. The predicted octanol–water partition coefficient (Wildman–Crippen LogP) is 1.82. The van der Waals surface area contributed by atoms with Crippen LogP contribution in [0.1, 0.15) is 59.3 Å². The fraction of sp³-hybridized carbons (Fsp3) is 0.933. The van der Waals surface area contributed by atoms with Gasteiger partial charge in [-0.25, -0.2) is 0 Å². The van der Waals surface area contributed by atoms with Crippen molar-refractivity contribution in [3.63, 3.8) is 0 Å². The van der Waals surface area contributed by atoms with Gasteiger partial charge in [0.25, 0.3) is 0 Å². The molecule has 0 aromatic heterocycles. The van der Waals surface area contributed by atoms with Gasteiger partial charge in [-0.05, 0) is 58.4 Å². The van der Waals surface area contributed by atoms with Crippen LogP contribution in [-0.2, 0) is 4.79 Å². The second-order valence-electron chi connectivity index (χ2n) is 6.00. The van der Waals surface area contributed by atoms with Gasteiger partial charge in [-0.15, -0.1) is 0 Å². The lowest BCUT2D eigenvalue weighted by Crippen LogP contribution is -2.46. The van der Waals surface area contributed by atoms with Crippen molar-refractivity contribution >= 4 is 5.91 Å². The Morgan fingerprint density at radius 1 is 1.26 bits per heavy atom. The minimum absolute atomic E-state index is 0.0943. The van der Waals surface area contributed by atoms with Crippen LogP contribution in [0, 0.1) is 5.92 Å². The Bertz CT molecular complexity index is 263. The molecule has 0 radical (unpaired) electrons. The Hall–Kier alpha value is -0.610. The molecule has 1 aliphatic rings. The first kappa shape index (κ1) is 16.4. The quantitative estimate of drug-likeness (QED) is 0.661. The fourth-order valence-electron chi connectivity index (χ4n) is 2.66. The molecule has 0 saturated heterocycles. The lowest BCUT2D eigenvalue weighted by atomic mass is 9.87. The summed E-state index contributed by atoms with van der Waals surface area (Å²) in [6.07, 6.45) is 5.95. The van der Waals surface area contributed by atoms with Gasteiger partial charge in [0.1, 0.15) is 0 Å². The summed E-state index contributed by atoms with van der Waals surface area (Å²) in [6.45, 7) is 6.98. The summed E-state index contributed by atoms with van der Waals surface area (Å²) in [5.41, 5.74) is 0. The zero-order chi connectivity index (χ0) is 14.3. The number of carbonyl (C=O) groups excluding carboxylic acids is 1. The van der Waals surface area contributed by atoms with Gasteiger partial charge in [-0.3, -0.25) is 4.79 Å². The zero-order valence-corrected chi connectivity index (χ0v) is 12.6. The van der Waals surface area contributed by atoms with Crippen molar-refractivity contribution in [3.8, 4) is 0 Å². The topological polar surface area (TPSA) is 61.4 Å². The van der Waals surface area contributed by atoms with Crippen LogP contribution < -0.4 is 10.6 Å². The number of aliphatic hydroxyl groups excluding tert-OH is 1. The molecule has 19 heavy (non-hydrogen) atoms. The molecule has 0 aromatic rings. The van der Waals surface area contributed by atoms with Crippen molar-refractivity contribution < 1.29 is 9.90 Å². The summed E-state index contributed by atoms with van der Waals surface area (Å²) in [7, 11) is 0. The number of hydrogen-bond donors (Lipinski definition) is 3. The first-order valence-electron chi connectivity index (χ1n) is 7.74. The Labute approximate surface area is 117 Å². The third-order valence-corrected chi connectivity index (χ3v) is 4.03. The highest BCUT2D eigenvalue weighted by Crippen LogP contribution is 2.23. The van der Waals surface area contributed by atoms with Gasteiger partial charge < -0.3 is 15.7 Å². The van der Waals surface area contributed by atoms with Crippen molar-refractivity contribution in [3.05, 3.63) is 0 Å². The van der Waals surface area contributed by atoms with Crippen molar-refractivity contribution in [2.75, 3.05) is 6.54 Å². The molecule has 0 bridgehead atoms. The van der Waals surface area contributed by atoms with E-state index in [2.05, 4.69) is 24.5 Å². The smallest absolute Gasteiger partial charge is 0.237 e. The second kappa shape index (κ2) is 8.54. The van der Waals surface area contributed by atoms with Crippen molar-refractivity contribution in [1.29, 1.82) is 0 Å². The molecular formula is C15H30N2O2. The standard InChI is InChI=1S/C15H30N2O2/c1-4-5-11(2)17-15(19)12(3)16-10-13-6-8-14(18)9-7-13/h11-14,16,18H,4-10H2,1-3H3,(H,17,19). The lowest BCUT2D eigenvalue weighted by Gasteiger charge is -2.27. The number of amides is 1. The molecule has 0 spiro atoms. The van der Waals surface area contributed by atoms with Crippen molar-refractivity contribution in [2.24, 2.45) is 5.92 Å². The van der Waals surface area contributed by atoms with E-state index in [1.165, 1.54) is 0 Å². The number of carbonyl (C=O) groups is 1. The molecule has 1 amide bonds. The van der Waals surface area contributed by atoms with Gasteiger partial charge in [0.15, 0.2) is 0 Å². The molecule has 3 N–H and O–H groups in total. The maximum Gasteiger partial charge on any atom is 0.237 e. The summed E-state index contributed by atoms with van der Waals surface area (Å²) < 4.78 is 0. The van der Waals surface area contributed by atoms with Gasteiger partial charge in [-0.2, -0.15) is 0 Å². The molecule has 4 nitrogen and oxygen atoms in total. The predicted molar refractivity (Wildman–Crippen MR) is 77.9 cm³/mol.